The molecule has 2 aromatic rings. The Kier molecular flexibility index (Phi) is 3.61. The molecular weight excluding hydrogens is 238 g/mol. The monoisotopic (exact) mass is 249 g/mol. The third-order valence-corrected chi connectivity index (χ3v) is 2.46. The number of para-hydroxylation sites is 1. The van der Waals surface area contributed by atoms with Crippen LogP contribution in [0.3, 0.4) is 0 Å². The summed E-state index contributed by atoms with van der Waals surface area (Å²) in [5, 5.41) is 12.3. The molecule has 1 aromatic carbocycles. The van der Waals surface area contributed by atoms with Crippen molar-refractivity contribution in [3.8, 4) is 0 Å². The van der Waals surface area contributed by atoms with Gasteiger partial charge in [-0.25, -0.2) is 9.89 Å². The Morgan fingerprint density at radius 1 is 1.29 bits per heavy atom. The first-order valence-electron chi connectivity index (χ1n) is 4.87. The third kappa shape index (κ3) is 3.22. The Labute approximate surface area is 102 Å². The van der Waals surface area contributed by atoms with Crippen LogP contribution >= 0.6 is 11.8 Å². The van der Waals surface area contributed by atoms with Gasteiger partial charge in [0.1, 0.15) is 0 Å². The van der Waals surface area contributed by atoms with E-state index in [1.54, 1.807) is 12.1 Å². The average Bonchev–Trinajstić information content (AvgIpc) is 2.78. The average molecular weight is 249 g/mol. The summed E-state index contributed by atoms with van der Waals surface area (Å²) in [4.78, 5) is 15.6. The van der Waals surface area contributed by atoms with Crippen LogP contribution in [0.1, 0.15) is 0 Å². The predicted molar refractivity (Wildman–Crippen MR) is 67.2 cm³/mol. The maximum atomic E-state index is 11.6. The molecule has 3 N–H and O–H groups in total. The van der Waals surface area contributed by atoms with E-state index in [0.717, 1.165) is 5.69 Å². The summed E-state index contributed by atoms with van der Waals surface area (Å²) in [6.45, 7) is 0. The minimum absolute atomic E-state index is 0.322. The minimum Gasteiger partial charge on any atom is -0.308 e. The molecule has 0 radical (unpaired) electrons. The highest BCUT2D eigenvalue weighted by Crippen LogP contribution is 2.10. The Hall–Kier alpha value is -2.02. The normalized spacial score (nSPS) is 9.94. The Morgan fingerprint density at radius 3 is 2.71 bits per heavy atom. The van der Waals surface area contributed by atoms with Crippen LogP contribution in [0, 0.1) is 0 Å². The number of hydrogen-bond acceptors (Lipinski definition) is 4. The number of H-pyrrole nitrogens is 1. The molecule has 0 bridgehead atoms. The van der Waals surface area contributed by atoms with Crippen LogP contribution in [0.4, 0.5) is 16.4 Å². The fourth-order valence-corrected chi connectivity index (χ4v) is 1.50. The number of anilines is 2. The van der Waals surface area contributed by atoms with E-state index in [1.807, 2.05) is 24.5 Å². The first-order chi connectivity index (χ1) is 8.28. The quantitative estimate of drug-likeness (QED) is 0.728. The lowest BCUT2D eigenvalue weighted by molar-refractivity contribution is 0.262. The summed E-state index contributed by atoms with van der Waals surface area (Å²) in [5.74, 6) is 0.322. The molecule has 7 heteroatoms. The second-order valence-electron chi connectivity index (χ2n) is 3.12. The number of amides is 2. The third-order valence-electron chi connectivity index (χ3n) is 1.91. The van der Waals surface area contributed by atoms with Gasteiger partial charge in [0, 0.05) is 5.69 Å². The SMILES string of the molecule is CSc1n[nH]c(NC(=O)Nc2ccccc2)n1. The van der Waals surface area contributed by atoms with Crippen molar-refractivity contribution in [2.45, 2.75) is 5.16 Å². The number of hydrogen-bond donors (Lipinski definition) is 3. The summed E-state index contributed by atoms with van der Waals surface area (Å²) < 4.78 is 0. The van der Waals surface area contributed by atoms with Crippen LogP contribution in [0.25, 0.3) is 0 Å². The maximum absolute atomic E-state index is 11.6. The van der Waals surface area contributed by atoms with Gasteiger partial charge in [0.05, 0.1) is 0 Å². The molecule has 2 rings (SSSR count). The summed E-state index contributed by atoms with van der Waals surface area (Å²) in [6, 6.07) is 8.80. The number of nitrogens with one attached hydrogen (secondary N) is 3. The van der Waals surface area contributed by atoms with Crippen LogP contribution in [-0.2, 0) is 0 Å². The topological polar surface area (TPSA) is 82.7 Å². The zero-order chi connectivity index (χ0) is 12.1. The number of rotatable bonds is 3. The second kappa shape index (κ2) is 5.35. The van der Waals surface area contributed by atoms with Crippen molar-refractivity contribution in [2.75, 3.05) is 16.9 Å². The minimum atomic E-state index is -0.361. The fraction of sp³-hybridized carbons (Fsp3) is 0.100. The Balaban J connectivity index is 1.93. The molecule has 0 fully saturated rings. The first kappa shape index (κ1) is 11.5. The van der Waals surface area contributed by atoms with Crippen LogP contribution in [0.2, 0.25) is 0 Å². The molecule has 0 aliphatic heterocycles. The smallest absolute Gasteiger partial charge is 0.308 e. The van der Waals surface area contributed by atoms with E-state index in [-0.39, 0.29) is 6.03 Å². The van der Waals surface area contributed by atoms with Gasteiger partial charge >= 0.3 is 6.03 Å². The molecule has 1 aromatic heterocycles. The van der Waals surface area contributed by atoms with Crippen molar-refractivity contribution < 1.29 is 4.79 Å². The van der Waals surface area contributed by atoms with Gasteiger partial charge in [0.2, 0.25) is 11.1 Å². The highest BCUT2D eigenvalue weighted by molar-refractivity contribution is 7.98. The number of carbonyl (C=O) groups excluding carboxylic acids is 1. The number of aromatic nitrogens is 3. The van der Waals surface area contributed by atoms with Gasteiger partial charge in [-0.1, -0.05) is 30.0 Å². The van der Waals surface area contributed by atoms with E-state index >= 15 is 0 Å². The molecule has 6 nitrogen and oxygen atoms in total. The number of nitrogens with zero attached hydrogens (tertiary/aromatic N) is 2. The summed E-state index contributed by atoms with van der Waals surface area (Å²) in [6.07, 6.45) is 1.86. The first-order valence-corrected chi connectivity index (χ1v) is 6.10. The number of aromatic amines is 1. The van der Waals surface area contributed by atoms with Crippen molar-refractivity contribution in [3.05, 3.63) is 30.3 Å². The van der Waals surface area contributed by atoms with E-state index in [1.165, 1.54) is 11.8 Å². The van der Waals surface area contributed by atoms with Gasteiger partial charge in [0.25, 0.3) is 0 Å². The van der Waals surface area contributed by atoms with E-state index in [4.69, 9.17) is 0 Å². The number of urea groups is 1. The van der Waals surface area contributed by atoms with E-state index in [0.29, 0.717) is 11.1 Å². The van der Waals surface area contributed by atoms with E-state index in [9.17, 15) is 4.79 Å². The maximum Gasteiger partial charge on any atom is 0.326 e. The van der Waals surface area contributed by atoms with Crippen molar-refractivity contribution in [1.82, 2.24) is 15.2 Å². The number of thioether (sulfide) groups is 1. The van der Waals surface area contributed by atoms with Crippen LogP contribution < -0.4 is 10.6 Å². The molecule has 0 aliphatic carbocycles. The highest BCUT2D eigenvalue weighted by Gasteiger charge is 2.06. The van der Waals surface area contributed by atoms with Gasteiger partial charge in [-0.2, -0.15) is 4.98 Å². The molecule has 0 unspecified atom stereocenters. The summed E-state index contributed by atoms with van der Waals surface area (Å²) in [7, 11) is 0. The molecule has 88 valence electrons. The van der Waals surface area contributed by atoms with Gasteiger partial charge in [-0.3, -0.25) is 5.32 Å². The van der Waals surface area contributed by atoms with Crippen LogP contribution in [0.15, 0.2) is 35.5 Å². The largest absolute Gasteiger partial charge is 0.326 e. The second-order valence-corrected chi connectivity index (χ2v) is 3.89. The molecule has 0 saturated carbocycles. The highest BCUT2D eigenvalue weighted by atomic mass is 32.2. The van der Waals surface area contributed by atoms with Crippen LogP contribution in [-0.4, -0.2) is 27.5 Å². The van der Waals surface area contributed by atoms with Gasteiger partial charge in [-0.05, 0) is 18.4 Å². The number of benzene rings is 1. The molecule has 0 spiro atoms. The lowest BCUT2D eigenvalue weighted by Gasteiger charge is -2.04. The zero-order valence-electron chi connectivity index (χ0n) is 9.10. The van der Waals surface area contributed by atoms with Crippen LogP contribution in [0.5, 0.6) is 0 Å². The van der Waals surface area contributed by atoms with E-state index < -0.39 is 0 Å². The van der Waals surface area contributed by atoms with Crippen molar-refractivity contribution in [2.24, 2.45) is 0 Å². The molecule has 0 saturated heterocycles. The molecular formula is C10H11N5OS. The van der Waals surface area contributed by atoms with Gasteiger partial charge in [-0.15, -0.1) is 5.10 Å². The van der Waals surface area contributed by atoms with Crippen molar-refractivity contribution in [3.63, 3.8) is 0 Å². The zero-order valence-corrected chi connectivity index (χ0v) is 9.91. The predicted octanol–water partition coefficient (Wildman–Crippen LogP) is 2.17. The summed E-state index contributed by atoms with van der Waals surface area (Å²) in [5.41, 5.74) is 0.717. The molecule has 0 aliphatic rings. The fourth-order valence-electron chi connectivity index (χ4n) is 1.18. The van der Waals surface area contributed by atoms with E-state index in [2.05, 4.69) is 25.8 Å². The molecule has 1 heterocycles. The van der Waals surface area contributed by atoms with Gasteiger partial charge < -0.3 is 5.32 Å². The Morgan fingerprint density at radius 2 is 2.06 bits per heavy atom. The molecule has 17 heavy (non-hydrogen) atoms. The lowest BCUT2D eigenvalue weighted by atomic mass is 10.3. The number of carbonyl (C=O) groups is 1. The molecule has 0 atom stereocenters. The Bertz CT molecular complexity index is 498. The van der Waals surface area contributed by atoms with Crippen molar-refractivity contribution in [1.29, 1.82) is 0 Å². The standard InChI is InChI=1S/C10H11N5OS/c1-17-10-13-8(14-15-10)12-9(16)11-7-5-3-2-4-6-7/h2-6H,1H3,(H3,11,12,13,14,15,16). The van der Waals surface area contributed by atoms with Crippen molar-refractivity contribution >= 4 is 29.4 Å². The molecule has 2 amide bonds. The summed E-state index contributed by atoms with van der Waals surface area (Å²) >= 11 is 1.40. The lowest BCUT2D eigenvalue weighted by Crippen LogP contribution is -2.20. The van der Waals surface area contributed by atoms with Gasteiger partial charge in [0.15, 0.2) is 0 Å².